The molecule has 2 aliphatic heterocycles. The standard InChI is InChI=1S/C23H34N4O4/c1-2-27-18-7-4-3-6-17(18)24-21(27)8-5-9-22(29)26-11-10-20(28)23(30)19(16-26)25-12-14-31-15-13-25/h3-4,6-7,19-20,23,28,30H,2,5,8-16H2,1H3/t19-,20-,23+/m1/s1. The molecule has 0 radical (unpaired) electrons. The van der Waals surface area contributed by atoms with Gasteiger partial charge >= 0.3 is 0 Å². The highest BCUT2D eigenvalue weighted by molar-refractivity contribution is 5.77. The van der Waals surface area contributed by atoms with Crippen LogP contribution in [0, 0.1) is 0 Å². The van der Waals surface area contributed by atoms with Crippen LogP contribution in [0.2, 0.25) is 0 Å². The molecule has 2 aliphatic rings. The van der Waals surface area contributed by atoms with Crippen molar-refractivity contribution in [3.05, 3.63) is 30.1 Å². The zero-order valence-corrected chi connectivity index (χ0v) is 18.3. The van der Waals surface area contributed by atoms with Gasteiger partial charge in [-0.15, -0.1) is 0 Å². The summed E-state index contributed by atoms with van der Waals surface area (Å²) in [6, 6.07) is 7.87. The number of imidazole rings is 1. The van der Waals surface area contributed by atoms with Gasteiger partial charge in [-0.05, 0) is 31.9 Å². The number of rotatable bonds is 6. The number of carbonyl (C=O) groups excluding carboxylic acids is 1. The number of hydrogen-bond acceptors (Lipinski definition) is 6. The van der Waals surface area contributed by atoms with Crippen molar-refractivity contribution in [1.82, 2.24) is 19.4 Å². The van der Waals surface area contributed by atoms with Crippen LogP contribution < -0.4 is 0 Å². The lowest BCUT2D eigenvalue weighted by molar-refractivity contribution is -0.132. The molecule has 0 saturated carbocycles. The third-order valence-electron chi connectivity index (χ3n) is 6.60. The van der Waals surface area contributed by atoms with Gasteiger partial charge < -0.3 is 24.4 Å². The molecule has 2 aromatic rings. The normalized spacial score (nSPS) is 25.6. The number of aryl methyl sites for hydroxylation is 2. The van der Waals surface area contributed by atoms with Crippen LogP contribution in [0.1, 0.15) is 32.0 Å². The second-order valence-corrected chi connectivity index (χ2v) is 8.52. The van der Waals surface area contributed by atoms with Crippen LogP contribution in [-0.2, 0) is 22.5 Å². The zero-order valence-electron chi connectivity index (χ0n) is 18.3. The number of hydrogen-bond donors (Lipinski definition) is 2. The van der Waals surface area contributed by atoms with E-state index in [1.807, 2.05) is 23.1 Å². The van der Waals surface area contributed by atoms with Crippen molar-refractivity contribution in [2.45, 2.75) is 57.4 Å². The topological polar surface area (TPSA) is 91.1 Å². The Kier molecular flexibility index (Phi) is 7.22. The van der Waals surface area contributed by atoms with Gasteiger partial charge in [-0.1, -0.05) is 12.1 Å². The van der Waals surface area contributed by atoms with Gasteiger partial charge in [0.25, 0.3) is 0 Å². The molecule has 4 rings (SSSR count). The SMILES string of the molecule is CCn1c(CCCC(=O)N2CC[C@@H](O)[C@@H](O)[C@H](N3CCOCC3)C2)nc2ccccc21. The van der Waals surface area contributed by atoms with Gasteiger partial charge in [0.2, 0.25) is 5.91 Å². The highest BCUT2D eigenvalue weighted by Gasteiger charge is 2.37. The van der Waals surface area contributed by atoms with E-state index in [0.717, 1.165) is 36.2 Å². The van der Waals surface area contributed by atoms with Crippen LogP contribution in [-0.4, -0.2) is 93.1 Å². The Morgan fingerprint density at radius 2 is 1.97 bits per heavy atom. The van der Waals surface area contributed by atoms with Crippen LogP contribution in [0.15, 0.2) is 24.3 Å². The maximum Gasteiger partial charge on any atom is 0.222 e. The minimum atomic E-state index is -0.847. The number of aromatic nitrogens is 2. The van der Waals surface area contributed by atoms with Gasteiger partial charge in [-0.3, -0.25) is 9.69 Å². The number of amides is 1. The maximum atomic E-state index is 13.0. The summed E-state index contributed by atoms with van der Waals surface area (Å²) in [6.45, 7) is 6.55. The fraction of sp³-hybridized carbons (Fsp3) is 0.652. The summed E-state index contributed by atoms with van der Waals surface area (Å²) in [6.07, 6.45) is 0.663. The van der Waals surface area contributed by atoms with Gasteiger partial charge in [0, 0.05) is 45.6 Å². The van der Waals surface area contributed by atoms with Crippen molar-refractivity contribution in [3.8, 4) is 0 Å². The summed E-state index contributed by atoms with van der Waals surface area (Å²) < 4.78 is 7.63. The number of aliphatic hydroxyl groups excluding tert-OH is 2. The second kappa shape index (κ2) is 10.1. The minimum absolute atomic E-state index is 0.0821. The molecule has 1 aromatic heterocycles. The highest BCUT2D eigenvalue weighted by atomic mass is 16.5. The van der Waals surface area contributed by atoms with Crippen molar-refractivity contribution < 1.29 is 19.7 Å². The number of benzene rings is 1. The zero-order chi connectivity index (χ0) is 21.8. The number of morpholine rings is 1. The first kappa shape index (κ1) is 22.2. The molecule has 0 unspecified atom stereocenters. The van der Waals surface area contributed by atoms with Crippen LogP contribution in [0.3, 0.4) is 0 Å². The van der Waals surface area contributed by atoms with E-state index in [1.54, 1.807) is 0 Å². The molecular weight excluding hydrogens is 396 g/mol. The predicted octanol–water partition coefficient (Wildman–Crippen LogP) is 1.03. The van der Waals surface area contributed by atoms with E-state index in [0.29, 0.717) is 52.2 Å². The van der Waals surface area contributed by atoms with E-state index in [4.69, 9.17) is 9.72 Å². The number of para-hydroxylation sites is 2. The first-order chi connectivity index (χ1) is 15.1. The van der Waals surface area contributed by atoms with E-state index in [1.165, 1.54) is 0 Å². The average Bonchev–Trinajstić information content (AvgIpc) is 3.08. The Labute approximate surface area is 183 Å². The van der Waals surface area contributed by atoms with Crippen molar-refractivity contribution in [1.29, 1.82) is 0 Å². The highest BCUT2D eigenvalue weighted by Crippen LogP contribution is 2.21. The molecule has 3 heterocycles. The summed E-state index contributed by atoms with van der Waals surface area (Å²) in [5, 5.41) is 21.0. The lowest BCUT2D eigenvalue weighted by Gasteiger charge is -2.38. The second-order valence-electron chi connectivity index (χ2n) is 8.52. The van der Waals surface area contributed by atoms with Gasteiger partial charge in [-0.2, -0.15) is 0 Å². The molecule has 3 atom stereocenters. The van der Waals surface area contributed by atoms with E-state index >= 15 is 0 Å². The number of ether oxygens (including phenoxy) is 1. The largest absolute Gasteiger partial charge is 0.390 e. The monoisotopic (exact) mass is 430 g/mol. The van der Waals surface area contributed by atoms with E-state index in [9.17, 15) is 15.0 Å². The van der Waals surface area contributed by atoms with Gasteiger partial charge in [-0.25, -0.2) is 4.98 Å². The summed E-state index contributed by atoms with van der Waals surface area (Å²) in [7, 11) is 0. The van der Waals surface area contributed by atoms with E-state index in [-0.39, 0.29) is 11.9 Å². The molecule has 2 saturated heterocycles. The summed E-state index contributed by atoms with van der Waals surface area (Å²) in [5.41, 5.74) is 2.13. The predicted molar refractivity (Wildman–Crippen MR) is 118 cm³/mol. The lowest BCUT2D eigenvalue weighted by Crippen LogP contribution is -2.55. The first-order valence-corrected chi connectivity index (χ1v) is 11.5. The van der Waals surface area contributed by atoms with Crippen molar-refractivity contribution in [2.24, 2.45) is 0 Å². The van der Waals surface area contributed by atoms with Crippen LogP contribution in [0.4, 0.5) is 0 Å². The minimum Gasteiger partial charge on any atom is -0.390 e. The first-order valence-electron chi connectivity index (χ1n) is 11.5. The fourth-order valence-corrected chi connectivity index (χ4v) is 4.83. The molecule has 170 valence electrons. The van der Waals surface area contributed by atoms with Crippen LogP contribution >= 0.6 is 0 Å². The third-order valence-corrected chi connectivity index (χ3v) is 6.60. The molecule has 1 amide bonds. The van der Waals surface area contributed by atoms with Crippen LogP contribution in [0.25, 0.3) is 11.0 Å². The Bertz CT molecular complexity index is 880. The Morgan fingerprint density at radius 3 is 2.74 bits per heavy atom. The van der Waals surface area contributed by atoms with Crippen molar-refractivity contribution >= 4 is 16.9 Å². The molecule has 31 heavy (non-hydrogen) atoms. The maximum absolute atomic E-state index is 13.0. The number of fused-ring (bicyclic) bond motifs is 1. The van der Waals surface area contributed by atoms with Gasteiger partial charge in [0.15, 0.2) is 0 Å². The summed E-state index contributed by atoms with van der Waals surface area (Å²) in [4.78, 5) is 21.7. The molecule has 0 bridgehead atoms. The van der Waals surface area contributed by atoms with Crippen molar-refractivity contribution in [3.63, 3.8) is 0 Å². The molecule has 2 fully saturated rings. The average molecular weight is 431 g/mol. The molecular formula is C23H34N4O4. The quantitative estimate of drug-likeness (QED) is 0.712. The van der Waals surface area contributed by atoms with Crippen LogP contribution in [0.5, 0.6) is 0 Å². The Balaban J connectivity index is 1.37. The van der Waals surface area contributed by atoms with E-state index in [2.05, 4.69) is 22.5 Å². The number of aliphatic hydroxyl groups is 2. The molecule has 8 heteroatoms. The molecule has 2 N–H and O–H groups in total. The number of carbonyl (C=O) groups is 1. The molecule has 1 aromatic carbocycles. The summed E-state index contributed by atoms with van der Waals surface area (Å²) >= 11 is 0. The molecule has 0 spiro atoms. The van der Waals surface area contributed by atoms with E-state index < -0.39 is 12.2 Å². The van der Waals surface area contributed by atoms with Gasteiger partial charge in [0.05, 0.1) is 42.5 Å². The van der Waals surface area contributed by atoms with Gasteiger partial charge in [0.1, 0.15) is 5.82 Å². The fourth-order valence-electron chi connectivity index (χ4n) is 4.83. The Hall–Kier alpha value is -2.00. The summed E-state index contributed by atoms with van der Waals surface area (Å²) in [5.74, 6) is 1.10. The molecule has 0 aliphatic carbocycles. The van der Waals surface area contributed by atoms with Crippen molar-refractivity contribution in [2.75, 3.05) is 39.4 Å². The smallest absolute Gasteiger partial charge is 0.222 e. The number of nitrogens with zero attached hydrogens (tertiary/aromatic N) is 4. The third kappa shape index (κ3) is 4.92. The Morgan fingerprint density at radius 1 is 1.19 bits per heavy atom. The number of likely N-dealkylation sites (tertiary alicyclic amines) is 1. The molecule has 8 nitrogen and oxygen atoms in total. The lowest BCUT2D eigenvalue weighted by atomic mass is 10.0.